The first-order chi connectivity index (χ1) is 16.7. The van der Waals surface area contributed by atoms with Crippen molar-refractivity contribution < 1.29 is 13.2 Å². The van der Waals surface area contributed by atoms with Gasteiger partial charge in [-0.05, 0) is 68.5 Å². The van der Waals surface area contributed by atoms with Gasteiger partial charge >= 0.3 is 0 Å². The molecular formula is C27H33N3O4S. The summed E-state index contributed by atoms with van der Waals surface area (Å²) in [6.07, 6.45) is 4.28. The number of para-hydroxylation sites is 1. The van der Waals surface area contributed by atoms with Crippen LogP contribution in [0.4, 0.5) is 5.69 Å². The third kappa shape index (κ3) is 5.04. The summed E-state index contributed by atoms with van der Waals surface area (Å²) in [5.74, 6) is -0.314. The van der Waals surface area contributed by atoms with E-state index in [1.54, 1.807) is 27.1 Å². The number of anilines is 1. The molecule has 4 rings (SSSR count). The summed E-state index contributed by atoms with van der Waals surface area (Å²) in [5, 5.41) is 3.82. The summed E-state index contributed by atoms with van der Waals surface area (Å²) < 4.78 is 29.2. The first-order valence-corrected chi connectivity index (χ1v) is 13.7. The Kier molecular flexibility index (Phi) is 7.42. The third-order valence-corrected chi connectivity index (χ3v) is 8.72. The molecule has 0 saturated carbocycles. The van der Waals surface area contributed by atoms with Gasteiger partial charge in [-0.3, -0.25) is 14.2 Å². The molecule has 1 fully saturated rings. The second-order valence-corrected chi connectivity index (χ2v) is 11.2. The molecule has 0 bridgehead atoms. The van der Waals surface area contributed by atoms with Crippen molar-refractivity contribution in [2.24, 2.45) is 0 Å². The third-order valence-electron chi connectivity index (χ3n) is 6.81. The van der Waals surface area contributed by atoms with E-state index in [4.69, 9.17) is 0 Å². The van der Waals surface area contributed by atoms with Crippen molar-refractivity contribution >= 4 is 32.5 Å². The van der Waals surface area contributed by atoms with E-state index >= 15 is 0 Å². The molecule has 8 heteroatoms. The molecule has 1 unspecified atom stereocenters. The highest BCUT2D eigenvalue weighted by atomic mass is 32.2. The summed E-state index contributed by atoms with van der Waals surface area (Å²) in [7, 11) is -3.56. The number of carbonyl (C=O) groups is 1. The van der Waals surface area contributed by atoms with Gasteiger partial charge in [-0.2, -0.15) is 4.31 Å². The average molecular weight is 496 g/mol. The van der Waals surface area contributed by atoms with Crippen molar-refractivity contribution in [3.63, 3.8) is 0 Å². The smallest absolute Gasteiger partial charge is 0.252 e. The molecule has 0 radical (unpaired) electrons. The van der Waals surface area contributed by atoms with Crippen LogP contribution in [0.5, 0.6) is 0 Å². The zero-order valence-electron chi connectivity index (χ0n) is 20.6. The Labute approximate surface area is 206 Å². The fourth-order valence-electron chi connectivity index (χ4n) is 4.90. The Hall–Kier alpha value is -2.97. The number of benzene rings is 2. The van der Waals surface area contributed by atoms with Crippen LogP contribution in [0, 0.1) is 13.8 Å². The van der Waals surface area contributed by atoms with Gasteiger partial charge < -0.3 is 5.32 Å². The molecule has 0 aliphatic carbocycles. The van der Waals surface area contributed by atoms with Gasteiger partial charge in [0, 0.05) is 30.2 Å². The van der Waals surface area contributed by atoms with Gasteiger partial charge in [0.1, 0.15) is 6.04 Å². The first kappa shape index (κ1) is 25.1. The number of hydrogen-bond acceptors (Lipinski definition) is 4. The van der Waals surface area contributed by atoms with Gasteiger partial charge in [0.2, 0.25) is 15.9 Å². The largest absolute Gasteiger partial charge is 0.324 e. The first-order valence-electron chi connectivity index (χ1n) is 12.3. The molecule has 1 aromatic heterocycles. The van der Waals surface area contributed by atoms with E-state index < -0.39 is 16.1 Å². The number of carbonyl (C=O) groups excluding carboxylic acids is 1. The van der Waals surface area contributed by atoms with Crippen LogP contribution in [-0.2, 0) is 14.8 Å². The lowest BCUT2D eigenvalue weighted by Gasteiger charge is -2.22. The van der Waals surface area contributed by atoms with Crippen molar-refractivity contribution in [1.29, 1.82) is 0 Å². The Bertz CT molecular complexity index is 1390. The number of fused-ring (bicyclic) bond motifs is 1. The molecular weight excluding hydrogens is 462 g/mol. The van der Waals surface area contributed by atoms with Crippen LogP contribution in [0.25, 0.3) is 10.9 Å². The molecule has 1 aliphatic heterocycles. The molecule has 2 heterocycles. The normalized spacial score (nSPS) is 16.1. The number of sulfonamides is 1. The van der Waals surface area contributed by atoms with Gasteiger partial charge in [0.25, 0.3) is 5.56 Å². The predicted molar refractivity (Wildman–Crippen MR) is 139 cm³/mol. The van der Waals surface area contributed by atoms with Crippen molar-refractivity contribution in [1.82, 2.24) is 8.87 Å². The monoisotopic (exact) mass is 495 g/mol. The molecule has 1 atom stereocenters. The van der Waals surface area contributed by atoms with Crippen LogP contribution in [0.3, 0.4) is 0 Å². The summed E-state index contributed by atoms with van der Waals surface area (Å²) in [6, 6.07) is 13.0. The number of amides is 1. The average Bonchev–Trinajstić information content (AvgIpc) is 3.12. The van der Waals surface area contributed by atoms with Crippen molar-refractivity contribution in [2.45, 2.75) is 63.8 Å². The predicted octanol–water partition coefficient (Wildman–Crippen LogP) is 4.77. The van der Waals surface area contributed by atoms with E-state index in [0.717, 1.165) is 47.7 Å². The Morgan fingerprint density at radius 3 is 2.26 bits per heavy atom. The van der Waals surface area contributed by atoms with Gasteiger partial charge in [-0.1, -0.05) is 38.0 Å². The molecule has 35 heavy (non-hydrogen) atoms. The van der Waals surface area contributed by atoms with E-state index in [1.165, 1.54) is 12.1 Å². The fraction of sp³-hybridized carbons (Fsp3) is 0.407. The standard InChI is InChI=1S/C27H33N3O4S/c1-4-24(30-25(31)18-20(3)23-11-9-10-19(2)26(23)30)27(32)28-21-12-14-22(15-13-21)35(33,34)29-16-7-5-6-8-17-29/h9-15,18,24H,4-8,16-17H2,1-3H3,(H,28,32). The summed E-state index contributed by atoms with van der Waals surface area (Å²) >= 11 is 0. The second-order valence-electron chi connectivity index (χ2n) is 9.26. The SMILES string of the molecule is CCC(C(=O)Nc1ccc(S(=O)(=O)N2CCCCCC2)cc1)n1c(=O)cc(C)c2cccc(C)c21. The molecule has 1 aliphatic rings. The minimum Gasteiger partial charge on any atom is -0.324 e. The van der Waals surface area contributed by atoms with Gasteiger partial charge in [0.05, 0.1) is 10.4 Å². The number of nitrogens with one attached hydrogen (secondary N) is 1. The van der Waals surface area contributed by atoms with E-state index in [0.29, 0.717) is 25.2 Å². The van der Waals surface area contributed by atoms with E-state index in [1.807, 2.05) is 39.0 Å². The lowest BCUT2D eigenvalue weighted by atomic mass is 10.0. The molecule has 0 spiro atoms. The maximum absolute atomic E-state index is 13.3. The van der Waals surface area contributed by atoms with E-state index in [-0.39, 0.29) is 16.4 Å². The van der Waals surface area contributed by atoms with E-state index in [9.17, 15) is 18.0 Å². The maximum atomic E-state index is 13.3. The lowest BCUT2D eigenvalue weighted by molar-refractivity contribution is -0.119. The molecule has 7 nitrogen and oxygen atoms in total. The Morgan fingerprint density at radius 1 is 0.971 bits per heavy atom. The summed E-state index contributed by atoms with van der Waals surface area (Å²) in [5.41, 5.74) is 2.84. The fourth-order valence-corrected chi connectivity index (χ4v) is 6.42. The number of rotatable bonds is 6. The molecule has 186 valence electrons. The minimum absolute atomic E-state index is 0.217. The number of aryl methyl sites for hydroxylation is 2. The number of pyridine rings is 1. The molecule has 3 aromatic rings. The molecule has 1 saturated heterocycles. The second kappa shape index (κ2) is 10.3. The zero-order valence-corrected chi connectivity index (χ0v) is 21.4. The lowest BCUT2D eigenvalue weighted by Crippen LogP contribution is -2.33. The van der Waals surface area contributed by atoms with Crippen molar-refractivity contribution in [3.05, 3.63) is 70.0 Å². The highest BCUT2D eigenvalue weighted by molar-refractivity contribution is 7.89. The van der Waals surface area contributed by atoms with Gasteiger partial charge in [-0.15, -0.1) is 0 Å². The minimum atomic E-state index is -3.56. The van der Waals surface area contributed by atoms with Crippen molar-refractivity contribution in [3.8, 4) is 0 Å². The van der Waals surface area contributed by atoms with Crippen molar-refractivity contribution in [2.75, 3.05) is 18.4 Å². The van der Waals surface area contributed by atoms with Gasteiger partial charge in [0.15, 0.2) is 0 Å². The molecule has 2 aromatic carbocycles. The van der Waals surface area contributed by atoms with Gasteiger partial charge in [-0.25, -0.2) is 8.42 Å². The molecule has 1 N–H and O–H groups in total. The number of nitrogens with zero attached hydrogens (tertiary/aromatic N) is 2. The summed E-state index contributed by atoms with van der Waals surface area (Å²) in [6.45, 7) is 6.79. The van der Waals surface area contributed by atoms with Crippen LogP contribution >= 0.6 is 0 Å². The summed E-state index contributed by atoms with van der Waals surface area (Å²) in [4.78, 5) is 26.5. The Morgan fingerprint density at radius 2 is 1.63 bits per heavy atom. The van der Waals surface area contributed by atoms with Crippen LogP contribution in [0.2, 0.25) is 0 Å². The highest BCUT2D eigenvalue weighted by Crippen LogP contribution is 2.26. The molecule has 1 amide bonds. The number of aromatic nitrogens is 1. The van der Waals surface area contributed by atoms with Crippen LogP contribution in [0.15, 0.2) is 58.2 Å². The maximum Gasteiger partial charge on any atom is 0.252 e. The quantitative estimate of drug-likeness (QED) is 0.533. The van der Waals surface area contributed by atoms with Crippen LogP contribution in [-0.4, -0.2) is 36.3 Å². The van der Waals surface area contributed by atoms with E-state index in [2.05, 4.69) is 5.32 Å². The highest BCUT2D eigenvalue weighted by Gasteiger charge is 2.26. The van der Waals surface area contributed by atoms with Crippen LogP contribution < -0.4 is 10.9 Å². The van der Waals surface area contributed by atoms with Crippen LogP contribution in [0.1, 0.15) is 56.2 Å². The number of hydrogen-bond donors (Lipinski definition) is 1. The topological polar surface area (TPSA) is 88.5 Å². The Balaban J connectivity index is 1.60. The zero-order chi connectivity index (χ0) is 25.2.